The Bertz CT molecular complexity index is 812. The maximum absolute atomic E-state index is 5.72. The lowest BCUT2D eigenvalue weighted by Gasteiger charge is -2.17. The van der Waals surface area contributed by atoms with E-state index in [1.807, 2.05) is 19.9 Å². The quantitative estimate of drug-likeness (QED) is 0.256. The van der Waals surface area contributed by atoms with E-state index in [0.29, 0.717) is 13.2 Å². The van der Waals surface area contributed by atoms with Gasteiger partial charge in [0.2, 0.25) is 0 Å². The van der Waals surface area contributed by atoms with Gasteiger partial charge in [0.25, 0.3) is 0 Å². The van der Waals surface area contributed by atoms with Gasteiger partial charge in [0.05, 0.1) is 13.2 Å². The normalized spacial score (nSPS) is 11.1. The summed E-state index contributed by atoms with van der Waals surface area (Å²) in [5, 5.41) is 6.81. The molecule has 0 amide bonds. The van der Waals surface area contributed by atoms with E-state index in [4.69, 9.17) is 9.47 Å². The molecule has 31 heavy (non-hydrogen) atoms. The third kappa shape index (κ3) is 9.35. The number of nitrogens with one attached hydrogen (secondary N) is 2. The smallest absolute Gasteiger partial charge is 0.191 e. The molecule has 0 radical (unpaired) electrons. The molecule has 0 bridgehead atoms. The fourth-order valence-electron chi connectivity index (χ4n) is 3.20. The summed E-state index contributed by atoms with van der Waals surface area (Å²) in [5.74, 6) is 2.40. The molecule has 0 saturated carbocycles. The highest BCUT2D eigenvalue weighted by atomic mass is 127. The number of halogens is 1. The van der Waals surface area contributed by atoms with E-state index in [0.717, 1.165) is 43.5 Å². The Morgan fingerprint density at radius 3 is 2.26 bits per heavy atom. The molecule has 0 saturated heterocycles. The lowest BCUT2D eigenvalue weighted by Crippen LogP contribution is -2.38. The molecule has 0 heterocycles. The average molecular weight is 540 g/mol. The minimum atomic E-state index is 0. The topological polar surface area (TPSA) is 58.1 Å². The van der Waals surface area contributed by atoms with Crippen molar-refractivity contribution in [1.29, 1.82) is 0 Å². The van der Waals surface area contributed by atoms with E-state index in [-0.39, 0.29) is 24.0 Å². The van der Waals surface area contributed by atoms with Crippen molar-refractivity contribution in [2.24, 2.45) is 4.99 Å². The summed E-state index contributed by atoms with van der Waals surface area (Å²) in [7, 11) is 5.97. The maximum atomic E-state index is 5.72. The van der Waals surface area contributed by atoms with Crippen LogP contribution < -0.4 is 20.1 Å². The first-order valence-electron chi connectivity index (χ1n) is 10.6. The molecule has 2 N–H and O–H groups in total. The number of ether oxygens (including phenoxy) is 2. The second-order valence-corrected chi connectivity index (χ2v) is 7.26. The Kier molecular flexibility index (Phi) is 13.0. The van der Waals surface area contributed by atoms with Gasteiger partial charge in [-0.3, -0.25) is 4.99 Å². The van der Waals surface area contributed by atoms with E-state index in [2.05, 4.69) is 71.0 Å². The molecule has 0 aliphatic carbocycles. The third-order valence-electron chi connectivity index (χ3n) is 4.59. The van der Waals surface area contributed by atoms with Gasteiger partial charge in [0, 0.05) is 26.7 Å². The SMILES string of the molecule is CCOc1ccc(CCNC(=NC)NCc2ccccc2CN(C)C)cc1OCC.I. The summed E-state index contributed by atoms with van der Waals surface area (Å²) in [6.45, 7) is 7.64. The highest BCUT2D eigenvalue weighted by Gasteiger charge is 2.07. The van der Waals surface area contributed by atoms with E-state index in [1.165, 1.54) is 16.7 Å². The molecule has 0 aliphatic rings. The molecule has 0 atom stereocenters. The van der Waals surface area contributed by atoms with Crippen molar-refractivity contribution in [3.05, 3.63) is 59.2 Å². The van der Waals surface area contributed by atoms with Crippen LogP contribution in [0.1, 0.15) is 30.5 Å². The van der Waals surface area contributed by atoms with Crippen molar-refractivity contribution in [3.8, 4) is 11.5 Å². The molecule has 0 fully saturated rings. The van der Waals surface area contributed by atoms with Gasteiger partial charge in [-0.2, -0.15) is 0 Å². The zero-order chi connectivity index (χ0) is 21.8. The van der Waals surface area contributed by atoms with Crippen LogP contribution in [0.15, 0.2) is 47.5 Å². The first-order chi connectivity index (χ1) is 14.6. The fourth-order valence-corrected chi connectivity index (χ4v) is 3.20. The number of benzene rings is 2. The number of nitrogens with zero attached hydrogens (tertiary/aromatic N) is 2. The first-order valence-corrected chi connectivity index (χ1v) is 10.6. The predicted molar refractivity (Wildman–Crippen MR) is 140 cm³/mol. The van der Waals surface area contributed by atoms with Gasteiger partial charge in [0.1, 0.15) is 0 Å². The van der Waals surface area contributed by atoms with Crippen LogP contribution in [-0.4, -0.2) is 51.8 Å². The number of rotatable bonds is 11. The van der Waals surface area contributed by atoms with Gasteiger partial charge >= 0.3 is 0 Å². The van der Waals surface area contributed by atoms with Crippen LogP contribution in [-0.2, 0) is 19.5 Å². The van der Waals surface area contributed by atoms with Crippen molar-refractivity contribution in [3.63, 3.8) is 0 Å². The van der Waals surface area contributed by atoms with Crippen LogP contribution in [0, 0.1) is 0 Å². The minimum absolute atomic E-state index is 0. The van der Waals surface area contributed by atoms with Crippen molar-refractivity contribution >= 4 is 29.9 Å². The maximum Gasteiger partial charge on any atom is 0.191 e. The lowest BCUT2D eigenvalue weighted by molar-refractivity contribution is 0.287. The van der Waals surface area contributed by atoms with E-state index < -0.39 is 0 Å². The van der Waals surface area contributed by atoms with E-state index in [9.17, 15) is 0 Å². The number of hydrogen-bond donors (Lipinski definition) is 2. The largest absolute Gasteiger partial charge is 0.490 e. The Morgan fingerprint density at radius 1 is 0.935 bits per heavy atom. The molecule has 2 aromatic rings. The summed E-state index contributed by atoms with van der Waals surface area (Å²) >= 11 is 0. The standard InChI is InChI=1S/C24H36N4O2.HI/c1-6-29-22-13-12-19(16-23(22)30-7-2)14-15-26-24(25-3)27-17-20-10-8-9-11-21(20)18-28(4)5;/h8-13,16H,6-7,14-15,17-18H2,1-5H3,(H2,25,26,27);1H. The highest BCUT2D eigenvalue weighted by molar-refractivity contribution is 14.0. The van der Waals surface area contributed by atoms with Crippen molar-refractivity contribution < 1.29 is 9.47 Å². The first kappa shape index (κ1) is 27.0. The molecule has 172 valence electrons. The summed E-state index contributed by atoms with van der Waals surface area (Å²) in [6, 6.07) is 14.6. The van der Waals surface area contributed by atoms with Gasteiger partial charge in [-0.05, 0) is 63.2 Å². The molecule has 2 rings (SSSR count). The molecule has 6 nitrogen and oxygen atoms in total. The Hall–Kier alpha value is -2.00. The second-order valence-electron chi connectivity index (χ2n) is 7.26. The second kappa shape index (κ2) is 14.9. The van der Waals surface area contributed by atoms with Crippen molar-refractivity contribution in [2.45, 2.75) is 33.4 Å². The summed E-state index contributed by atoms with van der Waals surface area (Å²) in [6.07, 6.45) is 0.865. The molecule has 0 aromatic heterocycles. The molecule has 0 aliphatic heterocycles. The summed E-state index contributed by atoms with van der Waals surface area (Å²) < 4.78 is 11.4. The van der Waals surface area contributed by atoms with Gasteiger partial charge < -0.3 is 25.0 Å². The predicted octanol–water partition coefficient (Wildman–Crippen LogP) is 4.07. The summed E-state index contributed by atoms with van der Waals surface area (Å²) in [5.41, 5.74) is 3.80. The van der Waals surface area contributed by atoms with Crippen LogP contribution in [0.25, 0.3) is 0 Å². The van der Waals surface area contributed by atoms with Crippen LogP contribution >= 0.6 is 24.0 Å². The number of aliphatic imine (C=N–C) groups is 1. The molecule has 0 spiro atoms. The Labute approximate surface area is 204 Å². The van der Waals surface area contributed by atoms with E-state index >= 15 is 0 Å². The van der Waals surface area contributed by atoms with Gasteiger partial charge in [-0.25, -0.2) is 0 Å². The van der Waals surface area contributed by atoms with Gasteiger partial charge in [-0.1, -0.05) is 30.3 Å². The Balaban J connectivity index is 0.00000480. The fraction of sp³-hybridized carbons (Fsp3) is 0.458. The monoisotopic (exact) mass is 540 g/mol. The molecule has 0 unspecified atom stereocenters. The van der Waals surface area contributed by atoms with Crippen LogP contribution in [0.4, 0.5) is 0 Å². The number of hydrogen-bond acceptors (Lipinski definition) is 4. The van der Waals surface area contributed by atoms with E-state index in [1.54, 1.807) is 7.05 Å². The van der Waals surface area contributed by atoms with Crippen LogP contribution in [0.3, 0.4) is 0 Å². The molecular formula is C24H37IN4O2. The highest BCUT2D eigenvalue weighted by Crippen LogP contribution is 2.28. The third-order valence-corrected chi connectivity index (χ3v) is 4.59. The molecule has 7 heteroatoms. The minimum Gasteiger partial charge on any atom is -0.490 e. The van der Waals surface area contributed by atoms with Crippen molar-refractivity contribution in [2.75, 3.05) is 40.9 Å². The van der Waals surface area contributed by atoms with Crippen LogP contribution in [0.5, 0.6) is 11.5 Å². The van der Waals surface area contributed by atoms with Crippen LogP contribution in [0.2, 0.25) is 0 Å². The molecule has 2 aromatic carbocycles. The average Bonchev–Trinajstić information content (AvgIpc) is 2.73. The van der Waals surface area contributed by atoms with Crippen molar-refractivity contribution in [1.82, 2.24) is 15.5 Å². The Morgan fingerprint density at radius 2 is 1.61 bits per heavy atom. The zero-order valence-corrected chi connectivity index (χ0v) is 21.7. The number of guanidine groups is 1. The van der Waals surface area contributed by atoms with Gasteiger partial charge in [-0.15, -0.1) is 24.0 Å². The summed E-state index contributed by atoms with van der Waals surface area (Å²) in [4.78, 5) is 6.53. The lowest BCUT2D eigenvalue weighted by atomic mass is 10.1. The molecular weight excluding hydrogens is 503 g/mol. The zero-order valence-electron chi connectivity index (χ0n) is 19.4. The van der Waals surface area contributed by atoms with Gasteiger partial charge in [0.15, 0.2) is 17.5 Å².